The van der Waals surface area contributed by atoms with Crippen molar-refractivity contribution in [3.63, 3.8) is 0 Å². The predicted octanol–water partition coefficient (Wildman–Crippen LogP) is 3.82. The first-order valence-electron chi connectivity index (χ1n) is 13.6. The van der Waals surface area contributed by atoms with Crippen molar-refractivity contribution in [2.75, 3.05) is 26.7 Å². The molecule has 2 aromatic rings. The Hall–Kier alpha value is -2.80. The molecule has 1 aromatic carbocycles. The number of likely N-dealkylation sites (tertiary alicyclic amines) is 1. The third-order valence-electron chi connectivity index (χ3n) is 10.5. The van der Waals surface area contributed by atoms with Crippen LogP contribution in [0.4, 0.5) is 0 Å². The average Bonchev–Trinajstić information content (AvgIpc) is 3.51. The summed E-state index contributed by atoms with van der Waals surface area (Å²) in [4.78, 5) is 22.7. The summed E-state index contributed by atoms with van der Waals surface area (Å²) < 4.78 is 18.1. The fourth-order valence-corrected chi connectivity index (χ4v) is 8.97. The Morgan fingerprint density at radius 2 is 2.14 bits per heavy atom. The zero-order valence-corrected chi connectivity index (χ0v) is 20.8. The number of oxazole rings is 1. The van der Waals surface area contributed by atoms with E-state index in [2.05, 4.69) is 26.9 Å². The quantitative estimate of drug-likeness (QED) is 0.598. The third kappa shape index (κ3) is 2.62. The van der Waals surface area contributed by atoms with Gasteiger partial charge in [-0.25, -0.2) is 4.98 Å². The number of benzene rings is 1. The zero-order valence-electron chi connectivity index (χ0n) is 20.8. The summed E-state index contributed by atoms with van der Waals surface area (Å²) in [7, 11) is 1.74. The normalized spacial score (nSPS) is 36.0. The van der Waals surface area contributed by atoms with Crippen molar-refractivity contribution in [3.05, 3.63) is 47.7 Å². The number of hydrogen-bond acceptors (Lipinski definition) is 6. The molecule has 4 aliphatic heterocycles. The second-order valence-corrected chi connectivity index (χ2v) is 11.8. The van der Waals surface area contributed by atoms with E-state index in [1.165, 1.54) is 36.8 Å². The first kappa shape index (κ1) is 21.3. The second-order valence-electron chi connectivity index (χ2n) is 11.8. The lowest BCUT2D eigenvalue weighted by Crippen LogP contribution is -2.72. The van der Waals surface area contributed by atoms with E-state index in [0.29, 0.717) is 11.9 Å². The molecule has 4 bridgehead atoms. The van der Waals surface area contributed by atoms with Crippen molar-refractivity contribution in [1.29, 1.82) is 0 Å². The maximum atomic E-state index is 13.6. The highest BCUT2D eigenvalue weighted by Gasteiger charge is 2.74. The van der Waals surface area contributed by atoms with Crippen LogP contribution in [0.2, 0.25) is 0 Å². The maximum Gasteiger partial charge on any atom is 0.247 e. The summed E-state index contributed by atoms with van der Waals surface area (Å²) in [5.41, 5.74) is 2.95. The molecule has 36 heavy (non-hydrogen) atoms. The van der Waals surface area contributed by atoms with Gasteiger partial charge in [-0.1, -0.05) is 6.07 Å². The SMILES string of the molecule is COc1ccc2c3c1O[C@H]1[C@H]4CC[C@@]5(CCN4C(=O)/C=C/c4ncco4)[C@@H](C2)N(CC2CC2)CC[C@]315. The summed E-state index contributed by atoms with van der Waals surface area (Å²) in [5.74, 6) is 3.15. The molecule has 1 amide bonds. The zero-order chi connectivity index (χ0) is 24.1. The molecule has 0 unspecified atom stereocenters. The van der Waals surface area contributed by atoms with E-state index in [-0.39, 0.29) is 28.9 Å². The molecule has 5 atom stereocenters. The number of piperidine rings is 1. The van der Waals surface area contributed by atoms with E-state index in [0.717, 1.165) is 62.6 Å². The summed E-state index contributed by atoms with van der Waals surface area (Å²) in [6.45, 7) is 3.14. The van der Waals surface area contributed by atoms with Crippen molar-refractivity contribution in [1.82, 2.24) is 14.8 Å². The molecule has 7 heteroatoms. The topological polar surface area (TPSA) is 68.0 Å². The van der Waals surface area contributed by atoms with Crippen LogP contribution in [0, 0.1) is 11.3 Å². The number of amides is 1. The van der Waals surface area contributed by atoms with Gasteiger partial charge in [0.2, 0.25) is 11.8 Å². The summed E-state index contributed by atoms with van der Waals surface area (Å²) in [5, 5.41) is 0. The highest BCUT2D eigenvalue weighted by atomic mass is 16.5. The molecule has 9 rings (SSSR count). The third-order valence-corrected chi connectivity index (χ3v) is 10.5. The van der Waals surface area contributed by atoms with Gasteiger partial charge in [0, 0.05) is 47.7 Å². The van der Waals surface area contributed by atoms with Crippen molar-refractivity contribution in [3.8, 4) is 11.5 Å². The van der Waals surface area contributed by atoms with Crippen molar-refractivity contribution >= 4 is 12.0 Å². The van der Waals surface area contributed by atoms with Crippen LogP contribution < -0.4 is 9.47 Å². The predicted molar refractivity (Wildman–Crippen MR) is 133 cm³/mol. The van der Waals surface area contributed by atoms with Crippen LogP contribution in [0.5, 0.6) is 11.5 Å². The molecule has 3 aliphatic carbocycles. The van der Waals surface area contributed by atoms with Gasteiger partial charge in [-0.3, -0.25) is 9.69 Å². The van der Waals surface area contributed by atoms with Gasteiger partial charge < -0.3 is 18.8 Å². The number of carbonyl (C=O) groups excluding carboxylic acids is 1. The number of ether oxygens (including phenoxy) is 2. The van der Waals surface area contributed by atoms with Crippen LogP contribution in [0.15, 0.2) is 35.1 Å². The molecular formula is C29H33N3O4. The highest BCUT2D eigenvalue weighted by molar-refractivity contribution is 5.91. The van der Waals surface area contributed by atoms with Crippen LogP contribution >= 0.6 is 0 Å². The van der Waals surface area contributed by atoms with Crippen molar-refractivity contribution in [2.24, 2.45) is 11.3 Å². The molecule has 7 aliphatic rings. The van der Waals surface area contributed by atoms with E-state index < -0.39 is 0 Å². The molecule has 0 N–H and O–H groups in total. The molecule has 5 heterocycles. The number of hydrogen-bond donors (Lipinski definition) is 0. The van der Waals surface area contributed by atoms with Crippen molar-refractivity contribution in [2.45, 2.75) is 68.5 Å². The summed E-state index contributed by atoms with van der Waals surface area (Å²) in [6, 6.07) is 4.97. The molecule has 5 fully saturated rings. The Morgan fingerprint density at radius 3 is 2.94 bits per heavy atom. The van der Waals surface area contributed by atoms with Gasteiger partial charge in [0.05, 0.1) is 19.3 Å². The first-order chi connectivity index (χ1) is 17.6. The van der Waals surface area contributed by atoms with Gasteiger partial charge in [0.1, 0.15) is 12.4 Å². The minimum absolute atomic E-state index is 0.0243. The number of methoxy groups -OCH3 is 1. The van der Waals surface area contributed by atoms with E-state index in [1.807, 2.05) is 0 Å². The monoisotopic (exact) mass is 487 g/mol. The Labute approximate surface area is 211 Å². The lowest BCUT2D eigenvalue weighted by molar-refractivity contribution is -0.140. The minimum Gasteiger partial charge on any atom is -0.493 e. The Kier molecular flexibility index (Phi) is 4.36. The molecule has 3 saturated heterocycles. The summed E-state index contributed by atoms with van der Waals surface area (Å²) in [6.07, 6.45) is 14.6. The molecule has 2 spiro atoms. The van der Waals surface area contributed by atoms with E-state index in [1.54, 1.807) is 25.5 Å². The standard InChI is InChI=1S/C29H33N3O4/c1-34-21-5-4-19-16-22-28-9-8-20(32(14-10-28)24(33)7-6-23-30-12-15-35-23)27-29(28,25(19)26(21)36-27)11-13-31(22)17-18-2-3-18/h4-7,12,15,18,20,22,27H,2-3,8-11,13-14,16-17H2,1H3/b7-6+/t20-,22-,27+,28-,29+/m1/s1. The maximum absolute atomic E-state index is 13.6. The highest BCUT2D eigenvalue weighted by Crippen LogP contribution is 2.71. The van der Waals surface area contributed by atoms with Crippen LogP contribution in [0.1, 0.15) is 55.5 Å². The molecule has 188 valence electrons. The first-order valence-corrected chi connectivity index (χ1v) is 13.6. The van der Waals surface area contributed by atoms with Gasteiger partial charge in [-0.2, -0.15) is 0 Å². The Bertz CT molecular complexity index is 1250. The Morgan fingerprint density at radius 1 is 1.22 bits per heavy atom. The smallest absolute Gasteiger partial charge is 0.247 e. The Balaban J connectivity index is 1.25. The van der Waals surface area contributed by atoms with Crippen LogP contribution in [0.25, 0.3) is 6.08 Å². The lowest BCUT2D eigenvalue weighted by atomic mass is 9.42. The largest absolute Gasteiger partial charge is 0.493 e. The number of rotatable bonds is 5. The fraction of sp³-hybridized carbons (Fsp3) is 0.586. The molecular weight excluding hydrogens is 454 g/mol. The molecule has 0 radical (unpaired) electrons. The van der Waals surface area contributed by atoms with E-state index in [9.17, 15) is 4.79 Å². The molecule has 7 nitrogen and oxygen atoms in total. The van der Waals surface area contributed by atoms with Gasteiger partial charge in [-0.15, -0.1) is 0 Å². The molecule has 1 aromatic heterocycles. The number of aromatic nitrogens is 1. The van der Waals surface area contributed by atoms with Gasteiger partial charge in [-0.05, 0) is 69.0 Å². The second kappa shape index (κ2) is 7.37. The summed E-state index contributed by atoms with van der Waals surface area (Å²) >= 11 is 0. The number of fused-ring (bicyclic) bond motifs is 3. The van der Waals surface area contributed by atoms with E-state index >= 15 is 0 Å². The van der Waals surface area contributed by atoms with Crippen molar-refractivity contribution < 1.29 is 18.7 Å². The fourth-order valence-electron chi connectivity index (χ4n) is 8.97. The van der Waals surface area contributed by atoms with Crippen LogP contribution in [-0.2, 0) is 16.6 Å². The number of carbonyl (C=O) groups is 1. The van der Waals surface area contributed by atoms with Crippen LogP contribution in [0.3, 0.4) is 0 Å². The average molecular weight is 488 g/mol. The van der Waals surface area contributed by atoms with Crippen LogP contribution in [-0.4, -0.2) is 65.6 Å². The van der Waals surface area contributed by atoms with Gasteiger partial charge in [0.15, 0.2) is 11.5 Å². The lowest BCUT2D eigenvalue weighted by Gasteiger charge is -2.66. The minimum atomic E-state index is -0.0423. The van der Waals surface area contributed by atoms with Gasteiger partial charge in [0.25, 0.3) is 0 Å². The molecule has 2 saturated carbocycles. The number of nitrogens with zero attached hydrogens (tertiary/aromatic N) is 3. The van der Waals surface area contributed by atoms with Gasteiger partial charge >= 0.3 is 0 Å². The van der Waals surface area contributed by atoms with E-state index in [4.69, 9.17) is 13.9 Å².